The molecule has 0 unspecified atom stereocenters. The monoisotopic (exact) mass is 259 g/mol. The van der Waals surface area contributed by atoms with E-state index in [4.69, 9.17) is 20.8 Å². The van der Waals surface area contributed by atoms with Gasteiger partial charge in [0.05, 0.1) is 6.61 Å². The summed E-state index contributed by atoms with van der Waals surface area (Å²) in [5.41, 5.74) is 6.57. The van der Waals surface area contributed by atoms with E-state index in [0.29, 0.717) is 11.5 Å². The standard InChI is InChI=1S/C13H13N3O3/c14-13(16-18)12-11(2-1-7-15-12)19-10-5-3-9(8-17)4-6-10/h1-7,17-18H,8H2,(H2,14,16). The summed E-state index contributed by atoms with van der Waals surface area (Å²) in [4.78, 5) is 4.00. The Kier molecular flexibility index (Phi) is 3.94. The fraction of sp³-hybridized carbons (Fsp3) is 0.0769. The molecule has 98 valence electrons. The Morgan fingerprint density at radius 3 is 2.63 bits per heavy atom. The molecule has 0 aliphatic rings. The molecule has 0 spiro atoms. The van der Waals surface area contributed by atoms with Crippen LogP contribution in [0.15, 0.2) is 47.8 Å². The Bertz CT molecular complexity index is 582. The first-order valence-corrected chi connectivity index (χ1v) is 5.55. The summed E-state index contributed by atoms with van der Waals surface area (Å²) in [6, 6.07) is 10.3. The number of benzene rings is 1. The van der Waals surface area contributed by atoms with Gasteiger partial charge in [0.15, 0.2) is 17.3 Å². The van der Waals surface area contributed by atoms with E-state index in [1.165, 1.54) is 6.20 Å². The second-order valence-corrected chi connectivity index (χ2v) is 3.74. The zero-order chi connectivity index (χ0) is 13.7. The minimum Gasteiger partial charge on any atom is -0.455 e. The van der Waals surface area contributed by atoms with E-state index in [-0.39, 0.29) is 18.1 Å². The number of pyridine rings is 1. The van der Waals surface area contributed by atoms with Gasteiger partial charge in [-0.05, 0) is 29.8 Å². The molecule has 1 aromatic carbocycles. The van der Waals surface area contributed by atoms with Crippen LogP contribution in [-0.2, 0) is 6.61 Å². The first-order chi connectivity index (χ1) is 9.24. The fourth-order valence-corrected chi connectivity index (χ4v) is 1.50. The molecule has 0 radical (unpaired) electrons. The maximum absolute atomic E-state index is 8.96. The minimum atomic E-state index is -0.123. The molecule has 6 nitrogen and oxygen atoms in total. The summed E-state index contributed by atoms with van der Waals surface area (Å²) in [5, 5.41) is 20.6. The molecule has 0 atom stereocenters. The zero-order valence-corrected chi connectivity index (χ0v) is 10.0. The van der Waals surface area contributed by atoms with Gasteiger partial charge >= 0.3 is 0 Å². The highest BCUT2D eigenvalue weighted by Gasteiger charge is 2.10. The lowest BCUT2D eigenvalue weighted by molar-refractivity contribution is 0.281. The average Bonchev–Trinajstić information content (AvgIpc) is 2.48. The van der Waals surface area contributed by atoms with Crippen molar-refractivity contribution in [2.24, 2.45) is 10.9 Å². The third kappa shape index (κ3) is 2.99. The summed E-state index contributed by atoms with van der Waals surface area (Å²) < 4.78 is 5.62. The van der Waals surface area contributed by atoms with Gasteiger partial charge in [0.1, 0.15) is 5.75 Å². The number of rotatable bonds is 4. The molecule has 0 aliphatic heterocycles. The molecule has 0 aliphatic carbocycles. The van der Waals surface area contributed by atoms with Crippen LogP contribution in [0.3, 0.4) is 0 Å². The molecular formula is C13H13N3O3. The molecule has 0 saturated carbocycles. The Hall–Kier alpha value is -2.60. The van der Waals surface area contributed by atoms with Gasteiger partial charge in [0.2, 0.25) is 0 Å². The molecule has 2 aromatic rings. The van der Waals surface area contributed by atoms with Crippen molar-refractivity contribution in [1.82, 2.24) is 4.98 Å². The largest absolute Gasteiger partial charge is 0.455 e. The molecule has 4 N–H and O–H groups in total. The third-order valence-corrected chi connectivity index (χ3v) is 2.45. The number of aromatic nitrogens is 1. The van der Waals surface area contributed by atoms with Crippen LogP contribution >= 0.6 is 0 Å². The molecule has 6 heteroatoms. The van der Waals surface area contributed by atoms with Crippen LogP contribution in [-0.4, -0.2) is 21.1 Å². The lowest BCUT2D eigenvalue weighted by Crippen LogP contribution is -2.15. The average molecular weight is 259 g/mol. The van der Waals surface area contributed by atoms with E-state index in [0.717, 1.165) is 5.56 Å². The first-order valence-electron chi connectivity index (χ1n) is 5.55. The minimum absolute atomic E-state index is 0.0253. The highest BCUT2D eigenvalue weighted by molar-refractivity contribution is 5.97. The fourth-order valence-electron chi connectivity index (χ4n) is 1.50. The van der Waals surface area contributed by atoms with Crippen molar-refractivity contribution in [3.63, 3.8) is 0 Å². The molecular weight excluding hydrogens is 246 g/mol. The lowest BCUT2D eigenvalue weighted by Gasteiger charge is -2.09. The maximum atomic E-state index is 8.96. The maximum Gasteiger partial charge on any atom is 0.192 e. The number of nitrogens with two attached hydrogens (primary N) is 1. The van der Waals surface area contributed by atoms with Crippen molar-refractivity contribution in [2.75, 3.05) is 0 Å². The van der Waals surface area contributed by atoms with Gasteiger partial charge < -0.3 is 20.8 Å². The van der Waals surface area contributed by atoms with E-state index in [1.54, 1.807) is 36.4 Å². The molecule has 0 saturated heterocycles. The van der Waals surface area contributed by atoms with Gasteiger partial charge in [-0.15, -0.1) is 0 Å². The van der Waals surface area contributed by atoms with Gasteiger partial charge in [-0.2, -0.15) is 0 Å². The topological polar surface area (TPSA) is 101 Å². The van der Waals surface area contributed by atoms with Crippen LogP contribution in [0.25, 0.3) is 0 Å². The smallest absolute Gasteiger partial charge is 0.192 e. The second kappa shape index (κ2) is 5.83. The van der Waals surface area contributed by atoms with Crippen molar-refractivity contribution < 1.29 is 15.1 Å². The number of aliphatic hydroxyl groups excluding tert-OH is 1. The van der Waals surface area contributed by atoms with Crippen molar-refractivity contribution in [2.45, 2.75) is 6.61 Å². The lowest BCUT2D eigenvalue weighted by atomic mass is 10.2. The molecule has 1 heterocycles. The normalized spacial score (nSPS) is 11.3. The summed E-state index contributed by atoms with van der Waals surface area (Å²) in [5.74, 6) is 0.828. The van der Waals surface area contributed by atoms with Crippen LogP contribution in [0.5, 0.6) is 11.5 Å². The van der Waals surface area contributed by atoms with Crippen LogP contribution < -0.4 is 10.5 Å². The Morgan fingerprint density at radius 1 is 1.26 bits per heavy atom. The van der Waals surface area contributed by atoms with Crippen molar-refractivity contribution in [3.05, 3.63) is 53.9 Å². The van der Waals surface area contributed by atoms with Gasteiger partial charge in [0.25, 0.3) is 0 Å². The van der Waals surface area contributed by atoms with E-state index < -0.39 is 0 Å². The van der Waals surface area contributed by atoms with Crippen LogP contribution in [0.4, 0.5) is 0 Å². The van der Waals surface area contributed by atoms with E-state index in [1.807, 2.05) is 0 Å². The van der Waals surface area contributed by atoms with Gasteiger partial charge in [0, 0.05) is 6.20 Å². The van der Waals surface area contributed by atoms with E-state index >= 15 is 0 Å². The van der Waals surface area contributed by atoms with Gasteiger partial charge in [-0.1, -0.05) is 17.3 Å². The quantitative estimate of drug-likeness (QED) is 0.334. The number of amidine groups is 1. The second-order valence-electron chi connectivity index (χ2n) is 3.74. The van der Waals surface area contributed by atoms with Crippen LogP contribution in [0, 0.1) is 0 Å². The number of hydrogen-bond acceptors (Lipinski definition) is 5. The number of oxime groups is 1. The Labute approximate surface area is 109 Å². The van der Waals surface area contributed by atoms with Gasteiger partial charge in [-0.3, -0.25) is 0 Å². The molecule has 0 bridgehead atoms. The van der Waals surface area contributed by atoms with Crippen molar-refractivity contribution >= 4 is 5.84 Å². The summed E-state index contributed by atoms with van der Waals surface area (Å²) in [6.07, 6.45) is 1.52. The van der Waals surface area contributed by atoms with Crippen LogP contribution in [0.1, 0.15) is 11.3 Å². The molecule has 2 rings (SSSR count). The number of aliphatic hydroxyl groups is 1. The Morgan fingerprint density at radius 2 is 2.00 bits per heavy atom. The summed E-state index contributed by atoms with van der Waals surface area (Å²) in [6.45, 7) is -0.0253. The number of nitrogens with zero attached hydrogens (tertiary/aromatic N) is 2. The SMILES string of the molecule is N/C(=N/O)c1ncccc1Oc1ccc(CO)cc1. The number of hydrogen-bond donors (Lipinski definition) is 3. The zero-order valence-electron chi connectivity index (χ0n) is 10.0. The Balaban J connectivity index is 2.27. The first kappa shape index (κ1) is 12.8. The van der Waals surface area contributed by atoms with E-state index in [9.17, 15) is 0 Å². The number of ether oxygens (including phenoxy) is 1. The predicted molar refractivity (Wildman–Crippen MR) is 69.2 cm³/mol. The molecule has 0 amide bonds. The summed E-state index contributed by atoms with van der Waals surface area (Å²) in [7, 11) is 0. The molecule has 19 heavy (non-hydrogen) atoms. The summed E-state index contributed by atoms with van der Waals surface area (Å²) >= 11 is 0. The van der Waals surface area contributed by atoms with Crippen molar-refractivity contribution in [3.8, 4) is 11.5 Å². The highest BCUT2D eigenvalue weighted by Crippen LogP contribution is 2.24. The van der Waals surface area contributed by atoms with Gasteiger partial charge in [-0.25, -0.2) is 4.98 Å². The molecule has 0 fully saturated rings. The molecule has 1 aromatic heterocycles. The highest BCUT2D eigenvalue weighted by atomic mass is 16.5. The predicted octanol–water partition coefficient (Wildman–Crippen LogP) is 1.46. The third-order valence-electron chi connectivity index (χ3n) is 2.45. The van der Waals surface area contributed by atoms with E-state index in [2.05, 4.69) is 10.1 Å². The van der Waals surface area contributed by atoms with Crippen LogP contribution in [0.2, 0.25) is 0 Å². The van der Waals surface area contributed by atoms with Crippen molar-refractivity contribution in [1.29, 1.82) is 0 Å².